The summed E-state index contributed by atoms with van der Waals surface area (Å²) in [6, 6.07) is 6.14. The van der Waals surface area contributed by atoms with Crippen molar-refractivity contribution in [2.24, 2.45) is 5.92 Å². The van der Waals surface area contributed by atoms with Gasteiger partial charge in [-0.3, -0.25) is 10.1 Å². The lowest BCUT2D eigenvalue weighted by molar-refractivity contribution is -0.118. The molecule has 1 aliphatic heterocycles. The number of carbonyl (C=O) groups is 2. The number of aromatic nitrogens is 2. The number of amides is 3. The van der Waals surface area contributed by atoms with E-state index in [1.165, 1.54) is 4.90 Å². The first-order valence-corrected chi connectivity index (χ1v) is 12.1. The van der Waals surface area contributed by atoms with E-state index in [4.69, 9.17) is 4.74 Å². The van der Waals surface area contributed by atoms with Gasteiger partial charge in [-0.2, -0.15) is 0 Å². The highest BCUT2D eigenvalue weighted by molar-refractivity contribution is 7.91. The molecule has 9 nitrogen and oxygen atoms in total. The summed E-state index contributed by atoms with van der Waals surface area (Å²) in [5, 5.41) is 2.22. The average Bonchev–Trinajstić information content (AvgIpc) is 3.51. The molecule has 0 unspecified atom stereocenters. The molecule has 1 saturated heterocycles. The molecule has 0 radical (unpaired) electrons. The van der Waals surface area contributed by atoms with Gasteiger partial charge in [0, 0.05) is 23.4 Å². The van der Waals surface area contributed by atoms with Crippen LogP contribution in [0.3, 0.4) is 0 Å². The van der Waals surface area contributed by atoms with Crippen molar-refractivity contribution in [3.05, 3.63) is 48.0 Å². The van der Waals surface area contributed by atoms with Crippen LogP contribution >= 0.6 is 0 Å². The largest absolute Gasteiger partial charge is 0.493 e. The van der Waals surface area contributed by atoms with E-state index in [0.717, 1.165) is 12.8 Å². The van der Waals surface area contributed by atoms with Crippen LogP contribution in [0.4, 0.5) is 4.79 Å². The minimum absolute atomic E-state index is 0.00619. The Labute approximate surface area is 187 Å². The van der Waals surface area contributed by atoms with Gasteiger partial charge in [-0.25, -0.2) is 23.2 Å². The predicted molar refractivity (Wildman–Crippen MR) is 116 cm³/mol. The van der Waals surface area contributed by atoms with E-state index in [1.54, 1.807) is 50.5 Å². The molecule has 1 aromatic carbocycles. The minimum Gasteiger partial charge on any atom is -0.493 e. The highest BCUT2D eigenvalue weighted by atomic mass is 32.2. The second-order valence-corrected chi connectivity index (χ2v) is 11.0. The molecule has 1 saturated carbocycles. The Morgan fingerprint density at radius 3 is 2.53 bits per heavy atom. The molecule has 1 aliphatic carbocycles. The van der Waals surface area contributed by atoms with Gasteiger partial charge in [-0.15, -0.1) is 0 Å². The van der Waals surface area contributed by atoms with Crippen LogP contribution in [-0.2, 0) is 26.6 Å². The van der Waals surface area contributed by atoms with Crippen LogP contribution in [0, 0.1) is 5.92 Å². The van der Waals surface area contributed by atoms with Crippen molar-refractivity contribution < 1.29 is 22.7 Å². The van der Waals surface area contributed by atoms with E-state index in [0.29, 0.717) is 29.7 Å². The summed E-state index contributed by atoms with van der Waals surface area (Å²) in [5.41, 5.74) is -0.193. The van der Waals surface area contributed by atoms with Crippen molar-refractivity contribution in [1.29, 1.82) is 0 Å². The Bertz CT molecular complexity index is 1130. The van der Waals surface area contributed by atoms with E-state index >= 15 is 0 Å². The molecule has 2 aromatic rings. The number of nitrogens with zero attached hydrogens (tertiary/aromatic N) is 3. The van der Waals surface area contributed by atoms with Crippen molar-refractivity contribution in [3.63, 3.8) is 0 Å². The molecule has 1 aromatic heterocycles. The van der Waals surface area contributed by atoms with E-state index in [1.807, 2.05) is 0 Å². The number of rotatable bonds is 9. The highest BCUT2D eigenvalue weighted by Gasteiger charge is 2.32. The van der Waals surface area contributed by atoms with Gasteiger partial charge in [0.25, 0.3) is 0 Å². The standard InChI is InChI=1S/C22H26N4O5S/c1-22(2,20-23-9-16(10-24-20)11-26-12-19(27)25-21(26)28)14-32(29,30)18-5-3-4-17(8-18)31-13-15-6-7-15/h3-5,8-10,15H,6-7,11-14H2,1-2H3,(H,25,27,28). The van der Waals surface area contributed by atoms with E-state index in [-0.39, 0.29) is 29.6 Å². The zero-order valence-electron chi connectivity index (χ0n) is 18.1. The highest BCUT2D eigenvalue weighted by Crippen LogP contribution is 2.31. The molecular weight excluding hydrogens is 432 g/mol. The van der Waals surface area contributed by atoms with Crippen LogP contribution in [0.1, 0.15) is 38.1 Å². The van der Waals surface area contributed by atoms with Crippen molar-refractivity contribution in [2.45, 2.75) is 43.5 Å². The van der Waals surface area contributed by atoms with Gasteiger partial charge in [-0.1, -0.05) is 19.9 Å². The molecule has 0 atom stereocenters. The normalized spacial score (nSPS) is 16.9. The third-order valence-electron chi connectivity index (χ3n) is 5.45. The Kier molecular flexibility index (Phi) is 5.89. The second-order valence-electron chi connectivity index (χ2n) is 9.00. The van der Waals surface area contributed by atoms with Crippen LogP contribution in [-0.4, -0.2) is 54.1 Å². The fraction of sp³-hybridized carbons (Fsp3) is 0.455. The van der Waals surface area contributed by atoms with Crippen LogP contribution < -0.4 is 10.1 Å². The summed E-state index contributed by atoms with van der Waals surface area (Å²) in [4.78, 5) is 33.2. The first-order valence-electron chi connectivity index (χ1n) is 10.5. The minimum atomic E-state index is -3.61. The predicted octanol–water partition coefficient (Wildman–Crippen LogP) is 2.07. The summed E-state index contributed by atoms with van der Waals surface area (Å²) >= 11 is 0. The second kappa shape index (κ2) is 8.50. The maximum atomic E-state index is 13.1. The Morgan fingerprint density at radius 1 is 1.19 bits per heavy atom. The van der Waals surface area contributed by atoms with Gasteiger partial charge in [0.15, 0.2) is 9.84 Å². The lowest BCUT2D eigenvalue weighted by Gasteiger charge is -2.23. The molecule has 1 N–H and O–H groups in total. The number of ether oxygens (including phenoxy) is 1. The fourth-order valence-corrected chi connectivity index (χ4v) is 5.32. The number of urea groups is 1. The topological polar surface area (TPSA) is 119 Å². The lowest BCUT2D eigenvalue weighted by Crippen LogP contribution is -2.31. The van der Waals surface area contributed by atoms with Crippen molar-refractivity contribution >= 4 is 21.8 Å². The molecule has 2 heterocycles. The summed E-state index contributed by atoms with van der Waals surface area (Å²) in [6.45, 7) is 4.36. The SMILES string of the molecule is CC(C)(CS(=O)(=O)c1cccc(OCC2CC2)c1)c1ncc(CN2CC(=O)NC2=O)cn1. The zero-order valence-corrected chi connectivity index (χ0v) is 18.9. The van der Waals surface area contributed by atoms with Gasteiger partial charge < -0.3 is 9.64 Å². The first kappa shape index (κ1) is 22.2. The number of hydrogen-bond donors (Lipinski definition) is 1. The Morgan fingerprint density at radius 2 is 1.91 bits per heavy atom. The van der Waals surface area contributed by atoms with Gasteiger partial charge in [0.2, 0.25) is 5.91 Å². The molecule has 0 bridgehead atoms. The summed E-state index contributed by atoms with van der Waals surface area (Å²) in [7, 11) is -3.61. The monoisotopic (exact) mass is 458 g/mol. The number of sulfone groups is 1. The van der Waals surface area contributed by atoms with Crippen molar-refractivity contribution in [1.82, 2.24) is 20.2 Å². The Balaban J connectivity index is 1.44. The number of hydrogen-bond acceptors (Lipinski definition) is 7. The van der Waals surface area contributed by atoms with E-state index < -0.39 is 21.3 Å². The number of carbonyl (C=O) groups excluding carboxylic acids is 2. The fourth-order valence-electron chi connectivity index (χ4n) is 3.50. The summed E-state index contributed by atoms with van der Waals surface area (Å²) in [5.74, 6) is 0.998. The molecule has 2 fully saturated rings. The molecule has 0 spiro atoms. The average molecular weight is 459 g/mol. The van der Waals surface area contributed by atoms with Crippen molar-refractivity contribution in [3.8, 4) is 5.75 Å². The molecule has 10 heteroatoms. The van der Waals surface area contributed by atoms with Gasteiger partial charge in [-0.05, 0) is 37.0 Å². The molecule has 32 heavy (non-hydrogen) atoms. The first-order chi connectivity index (χ1) is 15.1. The third kappa shape index (κ3) is 5.24. The maximum absolute atomic E-state index is 13.1. The van der Waals surface area contributed by atoms with Gasteiger partial charge in [0.1, 0.15) is 18.1 Å². The van der Waals surface area contributed by atoms with Gasteiger partial charge >= 0.3 is 6.03 Å². The van der Waals surface area contributed by atoms with Crippen LogP contribution in [0.25, 0.3) is 0 Å². The third-order valence-corrected chi connectivity index (χ3v) is 7.52. The molecule has 3 amide bonds. The summed E-state index contributed by atoms with van der Waals surface area (Å²) in [6.07, 6.45) is 5.43. The lowest BCUT2D eigenvalue weighted by atomic mass is 9.95. The Hall–Kier alpha value is -3.01. The van der Waals surface area contributed by atoms with E-state index in [2.05, 4.69) is 15.3 Å². The number of nitrogens with one attached hydrogen (secondary N) is 1. The number of benzene rings is 1. The van der Waals surface area contributed by atoms with Crippen molar-refractivity contribution in [2.75, 3.05) is 18.9 Å². The quantitative estimate of drug-likeness (QED) is 0.572. The zero-order chi connectivity index (χ0) is 22.9. The molecule has 2 aliphatic rings. The molecule has 170 valence electrons. The van der Waals surface area contributed by atoms with Crippen LogP contribution in [0.2, 0.25) is 0 Å². The van der Waals surface area contributed by atoms with E-state index in [9.17, 15) is 18.0 Å². The van der Waals surface area contributed by atoms with Gasteiger partial charge in [0.05, 0.1) is 23.8 Å². The smallest absolute Gasteiger partial charge is 0.324 e. The van der Waals surface area contributed by atoms with Crippen LogP contribution in [0.5, 0.6) is 5.75 Å². The maximum Gasteiger partial charge on any atom is 0.324 e. The number of imide groups is 1. The summed E-state index contributed by atoms with van der Waals surface area (Å²) < 4.78 is 31.9. The van der Waals surface area contributed by atoms with Crippen LogP contribution in [0.15, 0.2) is 41.6 Å². The molecular formula is C22H26N4O5S. The molecule has 4 rings (SSSR count).